The summed E-state index contributed by atoms with van der Waals surface area (Å²) in [5.74, 6) is 0.824. The monoisotopic (exact) mass is 276 g/mol. The zero-order chi connectivity index (χ0) is 13.9. The van der Waals surface area contributed by atoms with Gasteiger partial charge in [-0.3, -0.25) is 4.79 Å². The molecule has 2 aliphatic rings. The largest absolute Gasteiger partial charge is 0.335 e. The minimum absolute atomic E-state index is 0.109. The molecule has 1 saturated carbocycles. The van der Waals surface area contributed by atoms with Crippen molar-refractivity contribution < 1.29 is 4.79 Å². The van der Waals surface area contributed by atoms with E-state index in [9.17, 15) is 4.79 Å². The number of carbonyl (C=O) groups excluding carboxylic acids is 1. The molecule has 0 radical (unpaired) electrons. The predicted octanol–water partition coefficient (Wildman–Crippen LogP) is 1.64. The van der Waals surface area contributed by atoms with Crippen molar-refractivity contribution >= 4 is 5.91 Å². The van der Waals surface area contributed by atoms with Gasteiger partial charge in [-0.25, -0.2) is 4.98 Å². The summed E-state index contributed by atoms with van der Waals surface area (Å²) in [6, 6.07) is 0.449. The van der Waals surface area contributed by atoms with Gasteiger partial charge in [-0.15, -0.1) is 0 Å². The second kappa shape index (κ2) is 5.95. The van der Waals surface area contributed by atoms with Crippen LogP contribution < -0.4 is 5.73 Å². The molecule has 0 bridgehead atoms. The molecule has 3 rings (SSSR count). The van der Waals surface area contributed by atoms with Crippen LogP contribution in [0.4, 0.5) is 0 Å². The molecule has 5 nitrogen and oxygen atoms in total. The molecule has 20 heavy (non-hydrogen) atoms. The summed E-state index contributed by atoms with van der Waals surface area (Å²) in [6.45, 7) is 2.18. The summed E-state index contributed by atoms with van der Waals surface area (Å²) >= 11 is 0. The van der Waals surface area contributed by atoms with Gasteiger partial charge in [0.25, 0.3) is 5.91 Å². The van der Waals surface area contributed by atoms with E-state index in [2.05, 4.69) is 9.88 Å². The van der Waals surface area contributed by atoms with Gasteiger partial charge >= 0.3 is 0 Å². The van der Waals surface area contributed by atoms with Crippen LogP contribution in [0.1, 0.15) is 49.0 Å². The highest BCUT2D eigenvalue weighted by molar-refractivity contribution is 5.92. The van der Waals surface area contributed by atoms with E-state index in [4.69, 9.17) is 5.73 Å². The van der Waals surface area contributed by atoms with Gasteiger partial charge in [-0.05, 0) is 31.6 Å². The van der Waals surface area contributed by atoms with E-state index in [-0.39, 0.29) is 5.91 Å². The van der Waals surface area contributed by atoms with E-state index in [1.807, 2.05) is 10.8 Å². The van der Waals surface area contributed by atoms with Crippen LogP contribution in [0.15, 0.2) is 12.5 Å². The molecular formula is C15H24N4O. The van der Waals surface area contributed by atoms with E-state index in [0.717, 1.165) is 13.0 Å². The Morgan fingerprint density at radius 3 is 2.95 bits per heavy atom. The molecule has 1 amide bonds. The fourth-order valence-corrected chi connectivity index (χ4v) is 3.77. The Morgan fingerprint density at radius 2 is 2.10 bits per heavy atom. The van der Waals surface area contributed by atoms with Crippen molar-refractivity contribution in [3.63, 3.8) is 0 Å². The molecule has 0 aromatic carbocycles. The quantitative estimate of drug-likeness (QED) is 0.912. The molecule has 110 valence electrons. The first-order chi connectivity index (χ1) is 9.79. The third kappa shape index (κ3) is 2.59. The molecule has 2 unspecified atom stereocenters. The normalized spacial score (nSPS) is 26.4. The molecule has 5 heteroatoms. The Balaban J connectivity index is 1.74. The lowest BCUT2D eigenvalue weighted by atomic mass is 9.78. The standard InChI is InChI=1S/C15H24N4O/c16-7-9-18-10-13(17-11-18)15(20)19-8-3-5-12-4-1-2-6-14(12)19/h10-12,14H,1-9,16H2. The van der Waals surface area contributed by atoms with Crippen LogP contribution in [-0.4, -0.2) is 39.5 Å². The summed E-state index contributed by atoms with van der Waals surface area (Å²) in [4.78, 5) is 19.0. The van der Waals surface area contributed by atoms with Crippen molar-refractivity contribution in [2.75, 3.05) is 13.1 Å². The van der Waals surface area contributed by atoms with Gasteiger partial charge in [-0.2, -0.15) is 0 Å². The van der Waals surface area contributed by atoms with Crippen LogP contribution >= 0.6 is 0 Å². The fourth-order valence-electron chi connectivity index (χ4n) is 3.77. The van der Waals surface area contributed by atoms with E-state index < -0.39 is 0 Å². The third-order valence-electron chi connectivity index (χ3n) is 4.74. The number of rotatable bonds is 3. The van der Waals surface area contributed by atoms with Crippen molar-refractivity contribution in [1.29, 1.82) is 0 Å². The maximum absolute atomic E-state index is 12.7. The average Bonchev–Trinajstić information content (AvgIpc) is 2.95. The van der Waals surface area contributed by atoms with E-state index in [1.165, 1.54) is 32.1 Å². The number of hydrogen-bond acceptors (Lipinski definition) is 3. The second-order valence-electron chi connectivity index (χ2n) is 6.04. The highest BCUT2D eigenvalue weighted by Gasteiger charge is 2.36. The lowest BCUT2D eigenvalue weighted by Crippen LogP contribution is -2.49. The van der Waals surface area contributed by atoms with Crippen molar-refractivity contribution in [3.8, 4) is 0 Å². The molecule has 2 heterocycles. The molecule has 1 aliphatic carbocycles. The highest BCUT2D eigenvalue weighted by Crippen LogP contribution is 2.35. The molecule has 2 fully saturated rings. The van der Waals surface area contributed by atoms with Gasteiger partial charge in [0.2, 0.25) is 0 Å². The minimum Gasteiger partial charge on any atom is -0.335 e. The van der Waals surface area contributed by atoms with Crippen LogP contribution in [-0.2, 0) is 6.54 Å². The summed E-state index contributed by atoms with van der Waals surface area (Å²) in [5.41, 5.74) is 6.11. The van der Waals surface area contributed by atoms with Gasteiger partial charge in [0, 0.05) is 31.9 Å². The maximum atomic E-state index is 12.7. The summed E-state index contributed by atoms with van der Waals surface area (Å²) in [7, 11) is 0. The van der Waals surface area contributed by atoms with Crippen LogP contribution in [0.25, 0.3) is 0 Å². The Bertz CT molecular complexity index is 468. The SMILES string of the molecule is NCCn1cnc(C(=O)N2CCCC3CCCCC32)c1. The minimum atomic E-state index is 0.109. The topological polar surface area (TPSA) is 64.2 Å². The summed E-state index contributed by atoms with van der Waals surface area (Å²) < 4.78 is 1.90. The first-order valence-corrected chi connectivity index (χ1v) is 7.82. The molecular weight excluding hydrogens is 252 g/mol. The first kappa shape index (κ1) is 13.6. The zero-order valence-electron chi connectivity index (χ0n) is 12.0. The summed E-state index contributed by atoms with van der Waals surface area (Å²) in [6.07, 6.45) is 11.0. The van der Waals surface area contributed by atoms with Gasteiger partial charge in [0.05, 0.1) is 6.33 Å². The van der Waals surface area contributed by atoms with Crippen molar-refractivity contribution in [1.82, 2.24) is 14.5 Å². The van der Waals surface area contributed by atoms with Crippen molar-refractivity contribution in [2.45, 2.75) is 51.1 Å². The van der Waals surface area contributed by atoms with Crippen molar-refractivity contribution in [2.24, 2.45) is 11.7 Å². The van der Waals surface area contributed by atoms with Gasteiger partial charge in [0.15, 0.2) is 0 Å². The molecule has 1 aromatic heterocycles. The van der Waals surface area contributed by atoms with E-state index in [0.29, 0.717) is 30.7 Å². The van der Waals surface area contributed by atoms with Crippen molar-refractivity contribution in [3.05, 3.63) is 18.2 Å². The van der Waals surface area contributed by atoms with Gasteiger partial charge < -0.3 is 15.2 Å². The number of aromatic nitrogens is 2. The number of amides is 1. The van der Waals surface area contributed by atoms with Crippen LogP contribution in [0, 0.1) is 5.92 Å². The Morgan fingerprint density at radius 1 is 1.30 bits per heavy atom. The van der Waals surface area contributed by atoms with Crippen LogP contribution in [0.3, 0.4) is 0 Å². The Kier molecular flexibility index (Phi) is 4.05. The lowest BCUT2D eigenvalue weighted by Gasteiger charge is -2.43. The third-order valence-corrected chi connectivity index (χ3v) is 4.74. The number of likely N-dealkylation sites (tertiary alicyclic amines) is 1. The Hall–Kier alpha value is -1.36. The molecule has 2 N–H and O–H groups in total. The van der Waals surface area contributed by atoms with Gasteiger partial charge in [-0.1, -0.05) is 12.8 Å². The van der Waals surface area contributed by atoms with E-state index >= 15 is 0 Å². The molecule has 1 aromatic rings. The van der Waals surface area contributed by atoms with Gasteiger partial charge in [0.1, 0.15) is 5.69 Å². The number of fused-ring (bicyclic) bond motifs is 1. The molecule has 0 spiro atoms. The number of imidazole rings is 1. The second-order valence-corrected chi connectivity index (χ2v) is 6.04. The number of hydrogen-bond donors (Lipinski definition) is 1. The molecule has 1 aliphatic heterocycles. The summed E-state index contributed by atoms with van der Waals surface area (Å²) in [5, 5.41) is 0. The zero-order valence-corrected chi connectivity index (χ0v) is 12.0. The first-order valence-electron chi connectivity index (χ1n) is 7.82. The molecule has 1 saturated heterocycles. The van der Waals surface area contributed by atoms with Crippen LogP contribution in [0.5, 0.6) is 0 Å². The average molecular weight is 276 g/mol. The lowest BCUT2D eigenvalue weighted by molar-refractivity contribution is 0.0385. The van der Waals surface area contributed by atoms with Crippen LogP contribution in [0.2, 0.25) is 0 Å². The fraction of sp³-hybridized carbons (Fsp3) is 0.733. The number of carbonyl (C=O) groups is 1. The highest BCUT2D eigenvalue weighted by atomic mass is 16.2. The number of nitrogens with two attached hydrogens (primary N) is 1. The smallest absolute Gasteiger partial charge is 0.274 e. The maximum Gasteiger partial charge on any atom is 0.274 e. The predicted molar refractivity (Wildman–Crippen MR) is 77.3 cm³/mol. The number of piperidine rings is 1. The Labute approximate surface area is 120 Å². The number of nitrogens with zero attached hydrogens (tertiary/aromatic N) is 3. The van der Waals surface area contributed by atoms with E-state index in [1.54, 1.807) is 6.33 Å². The molecule has 2 atom stereocenters.